The zero-order chi connectivity index (χ0) is 16.2. The second-order valence-corrected chi connectivity index (χ2v) is 5.26. The molecule has 0 spiro atoms. The monoisotopic (exact) mass is 311 g/mol. The van der Waals surface area contributed by atoms with Crippen molar-refractivity contribution in [3.05, 3.63) is 65.2 Å². The van der Waals surface area contributed by atoms with Crippen LogP contribution < -0.4 is 16.2 Å². The molecular weight excluding hydrogens is 294 g/mol. The number of rotatable bonds is 5. The van der Waals surface area contributed by atoms with Crippen LogP contribution in [0, 0.1) is 0 Å². The lowest BCUT2D eigenvalue weighted by molar-refractivity contribution is 0.0913. The summed E-state index contributed by atoms with van der Waals surface area (Å²) < 4.78 is 6.90. The van der Waals surface area contributed by atoms with E-state index in [0.717, 1.165) is 10.8 Å². The Bertz CT molecular complexity index is 876. The predicted octanol–water partition coefficient (Wildman–Crippen LogP) is 1.42. The third-order valence-electron chi connectivity index (χ3n) is 3.47. The summed E-state index contributed by atoms with van der Waals surface area (Å²) in [6.45, 7) is 0.175. The van der Waals surface area contributed by atoms with E-state index in [2.05, 4.69) is 4.98 Å². The lowest BCUT2D eigenvalue weighted by atomic mass is 10.1. The topological polar surface area (TPSA) is 90.4 Å². The van der Waals surface area contributed by atoms with Gasteiger partial charge in [-0.3, -0.25) is 4.57 Å². The quantitative estimate of drug-likeness (QED) is 0.743. The number of nitrogens with zero attached hydrogens (tertiary/aromatic N) is 2. The van der Waals surface area contributed by atoms with Crippen molar-refractivity contribution in [2.45, 2.75) is 12.6 Å². The van der Waals surface area contributed by atoms with E-state index in [9.17, 15) is 9.90 Å². The van der Waals surface area contributed by atoms with Crippen molar-refractivity contribution in [3.63, 3.8) is 0 Å². The first kappa shape index (κ1) is 15.1. The number of aromatic nitrogens is 2. The molecule has 0 aliphatic rings. The minimum absolute atomic E-state index is 0.0785. The van der Waals surface area contributed by atoms with Gasteiger partial charge in [-0.1, -0.05) is 30.3 Å². The fraction of sp³-hybridized carbons (Fsp3) is 0.176. The van der Waals surface area contributed by atoms with Crippen LogP contribution >= 0.6 is 0 Å². The van der Waals surface area contributed by atoms with Crippen molar-refractivity contribution in [3.8, 4) is 5.75 Å². The summed E-state index contributed by atoms with van der Waals surface area (Å²) in [7, 11) is 0. The Hall–Kier alpha value is -2.86. The van der Waals surface area contributed by atoms with Crippen molar-refractivity contribution in [2.24, 2.45) is 0 Å². The van der Waals surface area contributed by atoms with Gasteiger partial charge >= 0.3 is 5.69 Å². The Kier molecular flexibility index (Phi) is 4.25. The maximum absolute atomic E-state index is 11.6. The van der Waals surface area contributed by atoms with Gasteiger partial charge in [-0.15, -0.1) is 0 Å². The summed E-state index contributed by atoms with van der Waals surface area (Å²) in [6, 6.07) is 15.2. The van der Waals surface area contributed by atoms with Gasteiger partial charge in [-0.25, -0.2) is 4.79 Å². The number of fused-ring (bicyclic) bond motifs is 1. The molecule has 0 aliphatic carbocycles. The highest BCUT2D eigenvalue weighted by atomic mass is 16.5. The first-order chi connectivity index (χ1) is 11.1. The summed E-state index contributed by atoms with van der Waals surface area (Å²) in [5.74, 6) is 0.832. The van der Waals surface area contributed by atoms with Gasteiger partial charge in [0.2, 0.25) is 0 Å². The first-order valence-corrected chi connectivity index (χ1v) is 7.24. The van der Waals surface area contributed by atoms with Crippen molar-refractivity contribution in [1.82, 2.24) is 9.55 Å². The predicted molar refractivity (Wildman–Crippen MR) is 88.4 cm³/mol. The van der Waals surface area contributed by atoms with Crippen LogP contribution in [-0.2, 0) is 6.54 Å². The minimum atomic E-state index is -0.829. The van der Waals surface area contributed by atoms with Crippen molar-refractivity contribution in [2.75, 3.05) is 12.3 Å². The van der Waals surface area contributed by atoms with Crippen molar-refractivity contribution in [1.29, 1.82) is 0 Å². The van der Waals surface area contributed by atoms with Crippen LogP contribution in [0.25, 0.3) is 10.8 Å². The van der Waals surface area contributed by atoms with E-state index >= 15 is 0 Å². The van der Waals surface area contributed by atoms with Crippen LogP contribution in [0.5, 0.6) is 5.75 Å². The average Bonchev–Trinajstić information content (AvgIpc) is 2.55. The number of nitrogens with two attached hydrogens (primary N) is 1. The number of nitrogen functional groups attached to an aromatic ring is 1. The molecule has 1 atom stereocenters. The van der Waals surface area contributed by atoms with Gasteiger partial charge < -0.3 is 15.6 Å². The van der Waals surface area contributed by atoms with E-state index in [1.807, 2.05) is 42.5 Å². The van der Waals surface area contributed by atoms with Gasteiger partial charge in [0.05, 0.1) is 6.54 Å². The second kappa shape index (κ2) is 6.50. The Balaban J connectivity index is 1.63. The second-order valence-electron chi connectivity index (χ2n) is 5.26. The van der Waals surface area contributed by atoms with Gasteiger partial charge in [0.15, 0.2) is 0 Å². The number of ether oxygens (including phenoxy) is 1. The third-order valence-corrected chi connectivity index (χ3v) is 3.47. The molecule has 118 valence electrons. The van der Waals surface area contributed by atoms with E-state index in [1.54, 1.807) is 0 Å². The van der Waals surface area contributed by atoms with Crippen LogP contribution in [0.4, 0.5) is 5.82 Å². The number of hydrogen-bond donors (Lipinski definition) is 2. The van der Waals surface area contributed by atoms with Gasteiger partial charge in [-0.05, 0) is 29.0 Å². The van der Waals surface area contributed by atoms with Crippen molar-refractivity contribution >= 4 is 16.6 Å². The minimum Gasteiger partial charge on any atom is -0.491 e. The summed E-state index contributed by atoms with van der Waals surface area (Å²) in [4.78, 5) is 15.2. The van der Waals surface area contributed by atoms with E-state index in [4.69, 9.17) is 10.5 Å². The molecule has 3 rings (SSSR count). The van der Waals surface area contributed by atoms with Gasteiger partial charge in [0, 0.05) is 6.20 Å². The number of hydrogen-bond acceptors (Lipinski definition) is 5. The highest BCUT2D eigenvalue weighted by molar-refractivity contribution is 5.83. The molecule has 0 bridgehead atoms. The van der Waals surface area contributed by atoms with E-state index < -0.39 is 11.8 Å². The number of aliphatic hydroxyl groups is 1. The standard InChI is InChI=1S/C17H17N3O3/c18-16-7-8-20(17(22)19-16)10-14(21)11-23-15-6-5-12-3-1-2-4-13(12)9-15/h1-9,14,21H,10-11H2,(H2,18,19,22)/t14-/m1/s1. The molecule has 1 heterocycles. The fourth-order valence-corrected chi connectivity index (χ4v) is 2.31. The molecular formula is C17H17N3O3. The zero-order valence-electron chi connectivity index (χ0n) is 12.4. The maximum Gasteiger partial charge on any atom is 0.349 e. The molecule has 0 saturated carbocycles. The molecule has 0 fully saturated rings. The molecule has 0 unspecified atom stereocenters. The molecule has 6 nitrogen and oxygen atoms in total. The lowest BCUT2D eigenvalue weighted by Crippen LogP contribution is -2.31. The van der Waals surface area contributed by atoms with Gasteiger partial charge in [-0.2, -0.15) is 4.98 Å². The van der Waals surface area contributed by atoms with Crippen LogP contribution in [-0.4, -0.2) is 27.4 Å². The van der Waals surface area contributed by atoms with E-state index in [-0.39, 0.29) is 19.0 Å². The highest BCUT2D eigenvalue weighted by Crippen LogP contribution is 2.20. The summed E-state index contributed by atoms with van der Waals surface area (Å²) >= 11 is 0. The molecule has 6 heteroatoms. The Morgan fingerprint density at radius 2 is 1.96 bits per heavy atom. The lowest BCUT2D eigenvalue weighted by Gasteiger charge is -2.14. The molecule has 23 heavy (non-hydrogen) atoms. The molecule has 0 radical (unpaired) electrons. The Morgan fingerprint density at radius 1 is 1.17 bits per heavy atom. The number of aliphatic hydroxyl groups excluding tert-OH is 1. The maximum atomic E-state index is 11.6. The molecule has 2 aromatic carbocycles. The largest absolute Gasteiger partial charge is 0.491 e. The van der Waals surface area contributed by atoms with Crippen LogP contribution in [0.15, 0.2) is 59.5 Å². The average molecular weight is 311 g/mol. The van der Waals surface area contributed by atoms with Crippen LogP contribution in [0.3, 0.4) is 0 Å². The van der Waals surface area contributed by atoms with Crippen molar-refractivity contribution < 1.29 is 9.84 Å². The summed E-state index contributed by atoms with van der Waals surface area (Å²) in [5.41, 5.74) is 4.94. The summed E-state index contributed by atoms with van der Waals surface area (Å²) in [6.07, 6.45) is 0.675. The molecule has 3 aromatic rings. The normalized spacial score (nSPS) is 12.2. The molecule has 1 aromatic heterocycles. The van der Waals surface area contributed by atoms with Gasteiger partial charge in [0.1, 0.15) is 24.3 Å². The fourth-order valence-electron chi connectivity index (χ4n) is 2.31. The highest BCUT2D eigenvalue weighted by Gasteiger charge is 2.08. The zero-order valence-corrected chi connectivity index (χ0v) is 12.4. The smallest absolute Gasteiger partial charge is 0.349 e. The van der Waals surface area contributed by atoms with Crippen LogP contribution in [0.1, 0.15) is 0 Å². The SMILES string of the molecule is Nc1ccn(C[C@@H](O)COc2ccc3ccccc3c2)c(=O)n1. The molecule has 0 amide bonds. The van der Waals surface area contributed by atoms with E-state index in [1.165, 1.54) is 16.8 Å². The van der Waals surface area contributed by atoms with E-state index in [0.29, 0.717) is 5.75 Å². The molecule has 0 aliphatic heterocycles. The number of benzene rings is 2. The number of anilines is 1. The third kappa shape index (κ3) is 3.67. The molecule has 0 saturated heterocycles. The van der Waals surface area contributed by atoms with Gasteiger partial charge in [0.25, 0.3) is 0 Å². The first-order valence-electron chi connectivity index (χ1n) is 7.24. The Labute approximate surface area is 132 Å². The summed E-state index contributed by atoms with van der Waals surface area (Å²) in [5, 5.41) is 12.2. The molecule has 3 N–H and O–H groups in total. The van der Waals surface area contributed by atoms with Crippen LogP contribution in [0.2, 0.25) is 0 Å². The Morgan fingerprint density at radius 3 is 2.74 bits per heavy atom.